The van der Waals surface area contributed by atoms with E-state index < -0.39 is 0 Å². The molecule has 0 radical (unpaired) electrons. The molecule has 0 amide bonds. The third kappa shape index (κ3) is 4.73. The Balaban J connectivity index is 1.79. The van der Waals surface area contributed by atoms with E-state index in [9.17, 15) is 9.65 Å². The summed E-state index contributed by atoms with van der Waals surface area (Å²) in [5.74, 6) is -0.353. The first-order valence-corrected chi connectivity index (χ1v) is 8.75. The number of benzene rings is 3. The number of nitrogens with zero attached hydrogens (tertiary/aromatic N) is 1. The molecule has 0 fully saturated rings. The summed E-state index contributed by atoms with van der Waals surface area (Å²) in [6, 6.07) is 23.7. The molecule has 0 heterocycles. The van der Waals surface area contributed by atoms with Crippen LogP contribution in [0.1, 0.15) is 11.1 Å². The van der Waals surface area contributed by atoms with Crippen molar-refractivity contribution in [3.05, 3.63) is 94.8 Å². The summed E-state index contributed by atoms with van der Waals surface area (Å²) in [5.41, 5.74) is 1.89. The molecule has 3 rings (SSSR count). The van der Waals surface area contributed by atoms with Gasteiger partial charge in [0.2, 0.25) is 0 Å². The molecule has 122 valence electrons. The normalized spacial score (nSPS) is 11.2. The molecule has 0 unspecified atom stereocenters. The lowest BCUT2D eigenvalue weighted by Crippen LogP contribution is -1.84. The summed E-state index contributed by atoms with van der Waals surface area (Å²) in [7, 11) is 0. The second kappa shape index (κ2) is 8.02. The number of hydrogen-bond donors (Lipinski definition) is 0. The molecule has 0 bridgehead atoms. The summed E-state index contributed by atoms with van der Waals surface area (Å²) in [6.07, 6.45) is 1.76. The number of hydrogen-bond acceptors (Lipinski definition) is 2. The van der Waals surface area contributed by atoms with Crippen LogP contribution in [0, 0.1) is 17.1 Å². The van der Waals surface area contributed by atoms with E-state index in [-0.39, 0.29) is 5.82 Å². The molecule has 0 spiro atoms. The minimum atomic E-state index is -0.353. The van der Waals surface area contributed by atoms with Crippen molar-refractivity contribution in [1.82, 2.24) is 0 Å². The van der Waals surface area contributed by atoms with Gasteiger partial charge < -0.3 is 0 Å². The summed E-state index contributed by atoms with van der Waals surface area (Å²) in [4.78, 5) is 2.19. The highest BCUT2D eigenvalue weighted by atomic mass is 35.5. The predicted octanol–water partition coefficient (Wildman–Crippen LogP) is 6.69. The third-order valence-corrected chi connectivity index (χ3v) is 4.76. The molecule has 25 heavy (non-hydrogen) atoms. The van der Waals surface area contributed by atoms with Crippen LogP contribution in [0.15, 0.2) is 82.6 Å². The minimum Gasteiger partial charge on any atom is -0.207 e. The monoisotopic (exact) mass is 365 g/mol. The second-order valence-corrected chi connectivity index (χ2v) is 6.89. The minimum absolute atomic E-state index is 0.353. The van der Waals surface area contributed by atoms with Crippen LogP contribution < -0.4 is 0 Å². The van der Waals surface area contributed by atoms with Crippen molar-refractivity contribution in [1.29, 1.82) is 5.26 Å². The standard InChI is InChI=1S/C21H13ClFNS/c22-18-6-10-21(11-7-18)25-20-8-4-15(5-9-20)12-17(14-24)16-2-1-3-19(23)13-16/h1-13H/b17-12-. The molecule has 0 atom stereocenters. The van der Waals surface area contributed by atoms with E-state index in [0.29, 0.717) is 16.2 Å². The van der Waals surface area contributed by atoms with Gasteiger partial charge in [0.1, 0.15) is 5.82 Å². The molecule has 0 saturated heterocycles. The average Bonchev–Trinajstić information content (AvgIpc) is 2.63. The van der Waals surface area contributed by atoms with E-state index >= 15 is 0 Å². The molecular formula is C21H13ClFNS. The van der Waals surface area contributed by atoms with Gasteiger partial charge in [-0.3, -0.25) is 0 Å². The number of halogens is 2. The largest absolute Gasteiger partial charge is 0.207 e. The quantitative estimate of drug-likeness (QED) is 0.379. The summed E-state index contributed by atoms with van der Waals surface area (Å²) in [6.45, 7) is 0. The third-order valence-electron chi connectivity index (χ3n) is 3.50. The summed E-state index contributed by atoms with van der Waals surface area (Å²) < 4.78 is 13.3. The van der Waals surface area contributed by atoms with Crippen LogP contribution >= 0.6 is 23.4 Å². The Morgan fingerprint density at radius 3 is 2.20 bits per heavy atom. The number of rotatable bonds is 4. The van der Waals surface area contributed by atoms with Crippen molar-refractivity contribution in [2.75, 3.05) is 0 Å². The van der Waals surface area contributed by atoms with E-state index in [1.807, 2.05) is 48.5 Å². The fourth-order valence-electron chi connectivity index (χ4n) is 2.27. The lowest BCUT2D eigenvalue weighted by atomic mass is 10.0. The molecule has 0 aliphatic rings. The summed E-state index contributed by atoms with van der Waals surface area (Å²) >= 11 is 7.53. The molecule has 0 saturated carbocycles. The molecule has 0 aliphatic heterocycles. The van der Waals surface area contributed by atoms with Gasteiger partial charge in [-0.25, -0.2) is 4.39 Å². The van der Waals surface area contributed by atoms with Crippen LogP contribution in [0.5, 0.6) is 0 Å². The van der Waals surface area contributed by atoms with Gasteiger partial charge in [-0.1, -0.05) is 47.6 Å². The maximum Gasteiger partial charge on any atom is 0.123 e. The van der Waals surface area contributed by atoms with Crippen molar-refractivity contribution < 1.29 is 4.39 Å². The maximum absolute atomic E-state index is 13.3. The van der Waals surface area contributed by atoms with Crippen LogP contribution in [0.3, 0.4) is 0 Å². The Kier molecular flexibility index (Phi) is 5.55. The fourth-order valence-corrected chi connectivity index (χ4v) is 3.22. The first-order chi connectivity index (χ1) is 12.1. The molecule has 0 N–H and O–H groups in total. The van der Waals surface area contributed by atoms with Crippen LogP contribution in [0.25, 0.3) is 11.6 Å². The van der Waals surface area contributed by atoms with Gasteiger partial charge in [0.25, 0.3) is 0 Å². The van der Waals surface area contributed by atoms with Gasteiger partial charge in [-0.05, 0) is 65.7 Å². The smallest absolute Gasteiger partial charge is 0.123 e. The molecular weight excluding hydrogens is 353 g/mol. The van der Waals surface area contributed by atoms with Gasteiger partial charge in [-0.2, -0.15) is 5.26 Å². The highest BCUT2D eigenvalue weighted by Gasteiger charge is 2.03. The van der Waals surface area contributed by atoms with Crippen molar-refractivity contribution in [2.45, 2.75) is 9.79 Å². The lowest BCUT2D eigenvalue weighted by Gasteiger charge is -2.04. The predicted molar refractivity (Wildman–Crippen MR) is 102 cm³/mol. The number of nitriles is 1. The zero-order chi connectivity index (χ0) is 17.6. The van der Waals surface area contributed by atoms with E-state index in [1.165, 1.54) is 12.1 Å². The van der Waals surface area contributed by atoms with Gasteiger partial charge >= 0.3 is 0 Å². The van der Waals surface area contributed by atoms with Gasteiger partial charge in [0.05, 0.1) is 11.6 Å². The molecule has 0 aliphatic carbocycles. The van der Waals surface area contributed by atoms with Crippen LogP contribution in [0.2, 0.25) is 5.02 Å². The highest BCUT2D eigenvalue weighted by molar-refractivity contribution is 7.99. The Hall–Kier alpha value is -2.54. The lowest BCUT2D eigenvalue weighted by molar-refractivity contribution is 0.627. The zero-order valence-electron chi connectivity index (χ0n) is 13.1. The van der Waals surface area contributed by atoms with Crippen molar-refractivity contribution >= 4 is 35.0 Å². The topological polar surface area (TPSA) is 23.8 Å². The van der Waals surface area contributed by atoms with Crippen molar-refractivity contribution in [2.24, 2.45) is 0 Å². The van der Waals surface area contributed by atoms with E-state index in [1.54, 1.807) is 30.0 Å². The molecule has 3 aromatic rings. The Labute approximate surface area is 155 Å². The van der Waals surface area contributed by atoms with Gasteiger partial charge in [-0.15, -0.1) is 0 Å². The number of allylic oxidation sites excluding steroid dienone is 1. The Bertz CT molecular complexity index is 941. The highest BCUT2D eigenvalue weighted by Crippen LogP contribution is 2.29. The molecule has 1 nitrogen and oxygen atoms in total. The van der Waals surface area contributed by atoms with Crippen LogP contribution in [0.4, 0.5) is 4.39 Å². The first kappa shape index (κ1) is 17.3. The van der Waals surface area contributed by atoms with E-state index in [4.69, 9.17) is 11.6 Å². The van der Waals surface area contributed by atoms with E-state index in [0.717, 1.165) is 15.4 Å². The van der Waals surface area contributed by atoms with E-state index in [2.05, 4.69) is 6.07 Å². The molecule has 0 aromatic heterocycles. The van der Waals surface area contributed by atoms with Gasteiger partial charge in [0.15, 0.2) is 0 Å². The van der Waals surface area contributed by atoms with Crippen molar-refractivity contribution in [3.8, 4) is 6.07 Å². The Morgan fingerprint density at radius 2 is 1.60 bits per heavy atom. The van der Waals surface area contributed by atoms with Crippen LogP contribution in [-0.2, 0) is 0 Å². The maximum atomic E-state index is 13.3. The van der Waals surface area contributed by atoms with Crippen LogP contribution in [-0.4, -0.2) is 0 Å². The van der Waals surface area contributed by atoms with Crippen molar-refractivity contribution in [3.63, 3.8) is 0 Å². The summed E-state index contributed by atoms with van der Waals surface area (Å²) in [5, 5.41) is 10.1. The Morgan fingerprint density at radius 1 is 0.960 bits per heavy atom. The average molecular weight is 366 g/mol. The van der Waals surface area contributed by atoms with Gasteiger partial charge in [0, 0.05) is 14.8 Å². The molecule has 4 heteroatoms. The first-order valence-electron chi connectivity index (χ1n) is 7.55. The SMILES string of the molecule is N#C/C(=C/c1ccc(Sc2ccc(Cl)cc2)cc1)c1cccc(F)c1. The molecule has 3 aromatic carbocycles. The fraction of sp³-hybridized carbons (Fsp3) is 0. The second-order valence-electron chi connectivity index (χ2n) is 5.31. The zero-order valence-corrected chi connectivity index (χ0v) is 14.7.